The van der Waals surface area contributed by atoms with Crippen LogP contribution in [-0.4, -0.2) is 0 Å². The third-order valence-corrected chi connectivity index (χ3v) is 3.44. The Morgan fingerprint density at radius 1 is 1.17 bits per heavy atom. The molecular formula is C15H15BrFN. The maximum atomic E-state index is 13.3. The van der Waals surface area contributed by atoms with Gasteiger partial charge in [-0.15, -0.1) is 0 Å². The maximum absolute atomic E-state index is 13.3. The highest BCUT2D eigenvalue weighted by Gasteiger charge is 2.04. The molecule has 18 heavy (non-hydrogen) atoms. The van der Waals surface area contributed by atoms with Crippen molar-refractivity contribution in [2.45, 2.75) is 20.4 Å². The minimum atomic E-state index is -0.228. The Labute approximate surface area is 115 Å². The first kappa shape index (κ1) is 13.1. The lowest BCUT2D eigenvalue weighted by Crippen LogP contribution is -2.01. The predicted octanol–water partition coefficient (Wildman–Crippen LogP) is 4.82. The molecule has 94 valence electrons. The van der Waals surface area contributed by atoms with Crippen LogP contribution < -0.4 is 5.32 Å². The molecule has 0 amide bonds. The third-order valence-electron chi connectivity index (χ3n) is 2.83. The Morgan fingerprint density at radius 2 is 1.94 bits per heavy atom. The van der Waals surface area contributed by atoms with Gasteiger partial charge in [0, 0.05) is 12.2 Å². The zero-order valence-electron chi connectivity index (χ0n) is 10.4. The van der Waals surface area contributed by atoms with Crippen LogP contribution in [0, 0.1) is 19.7 Å². The summed E-state index contributed by atoms with van der Waals surface area (Å²) in [6.07, 6.45) is 0. The van der Waals surface area contributed by atoms with Gasteiger partial charge in [0.25, 0.3) is 0 Å². The summed E-state index contributed by atoms with van der Waals surface area (Å²) >= 11 is 3.20. The van der Waals surface area contributed by atoms with E-state index >= 15 is 0 Å². The SMILES string of the molecule is Cc1cccc(CNc2cc(Br)c(F)cc2C)c1. The van der Waals surface area contributed by atoms with Crippen LogP contribution >= 0.6 is 15.9 Å². The lowest BCUT2D eigenvalue weighted by atomic mass is 10.1. The van der Waals surface area contributed by atoms with Gasteiger partial charge in [-0.1, -0.05) is 29.8 Å². The van der Waals surface area contributed by atoms with Gasteiger partial charge in [0.2, 0.25) is 0 Å². The number of anilines is 1. The topological polar surface area (TPSA) is 12.0 Å². The lowest BCUT2D eigenvalue weighted by molar-refractivity contribution is 0.620. The zero-order valence-corrected chi connectivity index (χ0v) is 12.0. The summed E-state index contributed by atoms with van der Waals surface area (Å²) in [5.41, 5.74) is 4.31. The van der Waals surface area contributed by atoms with Gasteiger partial charge in [0.15, 0.2) is 0 Å². The summed E-state index contributed by atoms with van der Waals surface area (Å²) in [6, 6.07) is 11.6. The van der Waals surface area contributed by atoms with E-state index in [-0.39, 0.29) is 5.82 Å². The summed E-state index contributed by atoms with van der Waals surface area (Å²) in [5.74, 6) is -0.228. The molecule has 2 rings (SSSR count). The second-order valence-electron chi connectivity index (χ2n) is 4.42. The van der Waals surface area contributed by atoms with Crippen molar-refractivity contribution in [3.8, 4) is 0 Å². The molecule has 1 N–H and O–H groups in total. The molecule has 0 aliphatic heterocycles. The molecule has 0 aromatic heterocycles. The fraction of sp³-hybridized carbons (Fsp3) is 0.200. The van der Waals surface area contributed by atoms with Gasteiger partial charge in [-0.2, -0.15) is 0 Å². The van der Waals surface area contributed by atoms with Crippen molar-refractivity contribution >= 4 is 21.6 Å². The van der Waals surface area contributed by atoms with E-state index in [4.69, 9.17) is 0 Å². The standard InChI is InChI=1S/C15H15BrFN/c1-10-4-3-5-12(6-10)9-18-15-8-13(16)14(17)7-11(15)2/h3-8,18H,9H2,1-2H3. The van der Waals surface area contributed by atoms with Crippen LogP contribution in [0.2, 0.25) is 0 Å². The summed E-state index contributed by atoms with van der Waals surface area (Å²) in [6.45, 7) is 4.71. The molecule has 0 aliphatic rings. The minimum absolute atomic E-state index is 0.228. The number of hydrogen-bond acceptors (Lipinski definition) is 1. The van der Waals surface area contributed by atoms with Crippen LogP contribution in [-0.2, 0) is 6.54 Å². The average molecular weight is 308 g/mol. The normalized spacial score (nSPS) is 10.4. The van der Waals surface area contributed by atoms with E-state index in [1.54, 1.807) is 6.07 Å². The molecule has 0 saturated heterocycles. The van der Waals surface area contributed by atoms with E-state index in [1.165, 1.54) is 17.2 Å². The van der Waals surface area contributed by atoms with E-state index in [0.29, 0.717) is 4.47 Å². The highest BCUT2D eigenvalue weighted by Crippen LogP contribution is 2.24. The molecule has 2 aromatic carbocycles. The quantitative estimate of drug-likeness (QED) is 0.857. The molecule has 3 heteroatoms. The van der Waals surface area contributed by atoms with Gasteiger partial charge < -0.3 is 5.32 Å². The molecule has 0 aliphatic carbocycles. The highest BCUT2D eigenvalue weighted by atomic mass is 79.9. The molecule has 0 saturated carbocycles. The molecular weight excluding hydrogens is 293 g/mol. The van der Waals surface area contributed by atoms with Gasteiger partial charge in [-0.3, -0.25) is 0 Å². The Morgan fingerprint density at radius 3 is 2.67 bits per heavy atom. The number of benzene rings is 2. The zero-order chi connectivity index (χ0) is 13.1. The van der Waals surface area contributed by atoms with E-state index in [1.807, 2.05) is 13.0 Å². The van der Waals surface area contributed by atoms with E-state index in [0.717, 1.165) is 17.8 Å². The first-order valence-electron chi connectivity index (χ1n) is 5.81. The van der Waals surface area contributed by atoms with Crippen LogP contribution in [0.3, 0.4) is 0 Å². The molecule has 0 fully saturated rings. The minimum Gasteiger partial charge on any atom is -0.381 e. The van der Waals surface area contributed by atoms with Crippen LogP contribution in [0.1, 0.15) is 16.7 Å². The predicted molar refractivity (Wildman–Crippen MR) is 77.3 cm³/mol. The van der Waals surface area contributed by atoms with Gasteiger partial charge in [-0.05, 0) is 53.0 Å². The van der Waals surface area contributed by atoms with Crippen molar-refractivity contribution in [3.63, 3.8) is 0 Å². The van der Waals surface area contributed by atoms with E-state index in [2.05, 4.69) is 46.4 Å². The Balaban J connectivity index is 2.13. The first-order chi connectivity index (χ1) is 8.56. The van der Waals surface area contributed by atoms with Crippen LogP contribution in [0.5, 0.6) is 0 Å². The van der Waals surface area contributed by atoms with Crippen LogP contribution in [0.15, 0.2) is 40.9 Å². The van der Waals surface area contributed by atoms with Gasteiger partial charge in [0.05, 0.1) is 4.47 Å². The molecule has 0 unspecified atom stereocenters. The Kier molecular flexibility index (Phi) is 4.02. The molecule has 0 spiro atoms. The number of aryl methyl sites for hydroxylation is 2. The summed E-state index contributed by atoms with van der Waals surface area (Å²) in [7, 11) is 0. The lowest BCUT2D eigenvalue weighted by Gasteiger charge is -2.11. The fourth-order valence-electron chi connectivity index (χ4n) is 1.86. The van der Waals surface area contributed by atoms with Crippen LogP contribution in [0.25, 0.3) is 0 Å². The van der Waals surface area contributed by atoms with Gasteiger partial charge >= 0.3 is 0 Å². The number of rotatable bonds is 3. The average Bonchev–Trinajstić information content (AvgIpc) is 2.32. The summed E-state index contributed by atoms with van der Waals surface area (Å²) in [4.78, 5) is 0. The second-order valence-corrected chi connectivity index (χ2v) is 5.28. The fourth-order valence-corrected chi connectivity index (χ4v) is 2.20. The monoisotopic (exact) mass is 307 g/mol. The Bertz CT molecular complexity index is 566. The van der Waals surface area contributed by atoms with Gasteiger partial charge in [-0.25, -0.2) is 4.39 Å². The largest absolute Gasteiger partial charge is 0.381 e. The molecule has 0 radical (unpaired) electrons. The summed E-state index contributed by atoms with van der Waals surface area (Å²) in [5, 5.41) is 3.33. The molecule has 0 atom stereocenters. The maximum Gasteiger partial charge on any atom is 0.137 e. The first-order valence-corrected chi connectivity index (χ1v) is 6.60. The van der Waals surface area contributed by atoms with Crippen molar-refractivity contribution < 1.29 is 4.39 Å². The second kappa shape index (κ2) is 5.53. The third kappa shape index (κ3) is 3.10. The van der Waals surface area contributed by atoms with Gasteiger partial charge in [0.1, 0.15) is 5.82 Å². The van der Waals surface area contributed by atoms with Crippen molar-refractivity contribution in [2.24, 2.45) is 0 Å². The van der Waals surface area contributed by atoms with Crippen LogP contribution in [0.4, 0.5) is 10.1 Å². The molecule has 0 heterocycles. The van der Waals surface area contributed by atoms with E-state index in [9.17, 15) is 4.39 Å². The Hall–Kier alpha value is -1.35. The van der Waals surface area contributed by atoms with Crippen molar-refractivity contribution in [3.05, 3.63) is 63.4 Å². The van der Waals surface area contributed by atoms with Crippen molar-refractivity contribution in [2.75, 3.05) is 5.32 Å². The smallest absolute Gasteiger partial charge is 0.137 e. The number of nitrogens with one attached hydrogen (secondary N) is 1. The number of hydrogen-bond donors (Lipinski definition) is 1. The summed E-state index contributed by atoms with van der Waals surface area (Å²) < 4.78 is 13.8. The molecule has 0 bridgehead atoms. The number of halogens is 2. The van der Waals surface area contributed by atoms with Crippen molar-refractivity contribution in [1.82, 2.24) is 0 Å². The van der Waals surface area contributed by atoms with E-state index < -0.39 is 0 Å². The molecule has 2 aromatic rings. The molecule has 1 nitrogen and oxygen atoms in total. The van der Waals surface area contributed by atoms with Crippen molar-refractivity contribution in [1.29, 1.82) is 0 Å². The highest BCUT2D eigenvalue weighted by molar-refractivity contribution is 9.10.